The lowest BCUT2D eigenvalue weighted by Crippen LogP contribution is -2.20. The third-order valence-corrected chi connectivity index (χ3v) is 6.21. The van der Waals surface area contributed by atoms with E-state index in [-0.39, 0.29) is 12.1 Å². The van der Waals surface area contributed by atoms with E-state index in [1.165, 1.54) is 0 Å². The minimum Gasteiger partial charge on any atom is -0.481 e. The number of imidazole rings is 1. The van der Waals surface area contributed by atoms with Gasteiger partial charge in [-0.25, -0.2) is 24.9 Å². The highest BCUT2D eigenvalue weighted by atomic mass is 16.5. The molecule has 5 aromatic heterocycles. The van der Waals surface area contributed by atoms with E-state index in [1.54, 1.807) is 32.0 Å². The highest BCUT2D eigenvalue weighted by Crippen LogP contribution is 2.36. The van der Waals surface area contributed by atoms with Crippen molar-refractivity contribution in [2.45, 2.75) is 19.3 Å². The van der Waals surface area contributed by atoms with Crippen LogP contribution in [0.5, 0.6) is 5.88 Å². The Bertz CT molecular complexity index is 1640. The van der Waals surface area contributed by atoms with Crippen LogP contribution in [-0.2, 0) is 0 Å². The van der Waals surface area contributed by atoms with Gasteiger partial charge < -0.3 is 20.4 Å². The number of fused-ring (bicyclic) bond motifs is 2. The van der Waals surface area contributed by atoms with Crippen LogP contribution in [0.4, 0.5) is 11.6 Å². The molecule has 13 nitrogen and oxygen atoms in total. The van der Waals surface area contributed by atoms with Crippen molar-refractivity contribution in [3.05, 3.63) is 54.6 Å². The lowest BCUT2D eigenvalue weighted by atomic mass is 9.94. The Morgan fingerprint density at radius 3 is 2.73 bits per heavy atom. The van der Waals surface area contributed by atoms with Crippen LogP contribution < -0.4 is 21.5 Å². The molecule has 3 radical (unpaired) electrons. The fourth-order valence-corrected chi connectivity index (χ4v) is 4.42. The molecule has 0 saturated carbocycles. The quantitative estimate of drug-likeness (QED) is 0.318. The first kappa shape index (κ1) is 23.8. The predicted molar refractivity (Wildman–Crippen MR) is 139 cm³/mol. The number of H-pyrrole nitrogens is 2. The van der Waals surface area contributed by atoms with Gasteiger partial charge in [0.25, 0.3) is 0 Å². The first-order valence-electron chi connectivity index (χ1n) is 11.5. The van der Waals surface area contributed by atoms with Crippen molar-refractivity contribution in [1.29, 1.82) is 0 Å². The van der Waals surface area contributed by atoms with E-state index in [1.807, 2.05) is 23.4 Å². The fraction of sp³-hybridized carbons (Fsp3) is 0.208. The Hall–Kier alpha value is -4.91. The van der Waals surface area contributed by atoms with Crippen molar-refractivity contribution in [3.8, 4) is 17.0 Å². The molecule has 1 atom stereocenters. The summed E-state index contributed by atoms with van der Waals surface area (Å²) in [4.78, 5) is 31.8. The molecule has 6 rings (SSSR count). The highest BCUT2D eigenvalue weighted by Gasteiger charge is 2.24. The van der Waals surface area contributed by atoms with Crippen molar-refractivity contribution in [3.63, 3.8) is 0 Å². The van der Waals surface area contributed by atoms with E-state index in [0.717, 1.165) is 27.9 Å². The molecule has 1 aliphatic rings. The number of nitrogens with zero attached hydrogens (tertiary/aromatic N) is 9. The maximum atomic E-state index is 6.17. The molecule has 6 heterocycles. The minimum atomic E-state index is -0.193. The Labute approximate surface area is 211 Å². The van der Waals surface area contributed by atoms with Crippen LogP contribution in [0.1, 0.15) is 30.7 Å². The van der Waals surface area contributed by atoms with Crippen LogP contribution in [0.25, 0.3) is 33.3 Å². The molecule has 0 fully saturated rings. The van der Waals surface area contributed by atoms with Crippen molar-refractivity contribution in [1.82, 2.24) is 46.3 Å². The Morgan fingerprint density at radius 2 is 1.95 bits per heavy atom. The number of rotatable bonds is 6. The molecule has 0 bridgehead atoms. The number of methoxy groups -OCH3 is 1. The second-order valence-corrected chi connectivity index (χ2v) is 8.30. The first-order valence-corrected chi connectivity index (χ1v) is 11.5. The fourth-order valence-electron chi connectivity index (χ4n) is 4.42. The predicted octanol–water partition coefficient (Wildman–Crippen LogP) is 2.70. The summed E-state index contributed by atoms with van der Waals surface area (Å²) in [6, 6.07) is 4.10. The number of anilines is 2. The third-order valence-electron chi connectivity index (χ3n) is 6.21. The first-order chi connectivity index (χ1) is 17.7. The van der Waals surface area contributed by atoms with Crippen LogP contribution in [-0.4, -0.2) is 60.0 Å². The number of aromatic nitrogens is 8. The van der Waals surface area contributed by atoms with Crippen LogP contribution in [0.2, 0.25) is 0 Å². The number of aromatic amines is 2. The second-order valence-electron chi connectivity index (χ2n) is 8.30. The molecule has 0 spiro atoms. The van der Waals surface area contributed by atoms with Crippen molar-refractivity contribution < 1.29 is 4.74 Å². The summed E-state index contributed by atoms with van der Waals surface area (Å²) in [5.74, 6) is 2.01. The normalized spacial score (nSPS) is 13.7. The van der Waals surface area contributed by atoms with Gasteiger partial charge in [-0.2, -0.15) is 5.10 Å². The number of ether oxygens (including phenoxy) is 1. The Balaban J connectivity index is 0.00000280. The van der Waals surface area contributed by atoms with Crippen molar-refractivity contribution >= 4 is 40.0 Å². The summed E-state index contributed by atoms with van der Waals surface area (Å²) in [6.45, 7) is 2.70. The van der Waals surface area contributed by atoms with Crippen LogP contribution in [0.15, 0.2) is 48.2 Å². The molecule has 0 amide bonds. The average molecular weight is 496 g/mol. The van der Waals surface area contributed by atoms with E-state index in [0.29, 0.717) is 47.3 Å². The Morgan fingerprint density at radius 1 is 1.11 bits per heavy atom. The number of nitrogens with one attached hydrogen (secondary N) is 2. The smallest absolute Gasteiger partial charge is 0.217 e. The standard InChI is InChI=1S/C24H23N11O.N/c1-3-15(21-31-19(25)18-22(32-21)30-12-29-18)16-8-13(11-28-24(16)36-2)14-9-17-20(27-10-14)33-34-23(17)35-6-4-26-5-7-35;/h4-6,8-12,15H,3,7H2,1-2H3,(H,27,33,34)(H3,25,29,30,31,32);. The number of hydrogen-bond acceptors (Lipinski definition) is 10. The van der Waals surface area contributed by atoms with E-state index in [4.69, 9.17) is 10.5 Å². The second kappa shape index (κ2) is 9.62. The molecular weight excluding hydrogens is 472 g/mol. The van der Waals surface area contributed by atoms with Gasteiger partial charge in [-0.3, -0.25) is 10.1 Å². The molecule has 13 heteroatoms. The maximum Gasteiger partial charge on any atom is 0.217 e. The van der Waals surface area contributed by atoms with Gasteiger partial charge >= 0.3 is 0 Å². The van der Waals surface area contributed by atoms with Crippen molar-refractivity contribution in [2.75, 3.05) is 24.3 Å². The number of nitrogens with two attached hydrogens (primary N) is 1. The number of aliphatic imine (C=N–C) groups is 1. The lowest BCUT2D eigenvalue weighted by molar-refractivity contribution is 0.389. The summed E-state index contributed by atoms with van der Waals surface area (Å²) >= 11 is 0. The van der Waals surface area contributed by atoms with Crippen LogP contribution in [0.3, 0.4) is 0 Å². The van der Waals surface area contributed by atoms with Crippen LogP contribution >= 0.6 is 0 Å². The minimum absolute atomic E-state index is 0. The maximum absolute atomic E-state index is 6.17. The largest absolute Gasteiger partial charge is 0.481 e. The molecule has 4 N–H and O–H groups in total. The van der Waals surface area contributed by atoms with E-state index in [9.17, 15) is 0 Å². The molecular formula is C24H23N12O. The summed E-state index contributed by atoms with van der Waals surface area (Å²) in [7, 11) is 1.60. The van der Waals surface area contributed by atoms with Gasteiger partial charge in [-0.15, -0.1) is 0 Å². The third kappa shape index (κ3) is 4.10. The molecule has 5 aromatic rings. The van der Waals surface area contributed by atoms with E-state index < -0.39 is 0 Å². The molecule has 1 unspecified atom stereocenters. The van der Waals surface area contributed by atoms with Gasteiger partial charge in [0.2, 0.25) is 5.88 Å². The van der Waals surface area contributed by atoms with Gasteiger partial charge in [-0.05, 0) is 18.6 Å². The molecule has 0 saturated heterocycles. The average Bonchev–Trinajstić information content (AvgIpc) is 3.57. The van der Waals surface area contributed by atoms with E-state index >= 15 is 0 Å². The summed E-state index contributed by atoms with van der Waals surface area (Å²) in [6.07, 6.45) is 11.3. The molecule has 1 aliphatic heterocycles. The molecule has 0 aromatic carbocycles. The zero-order valence-electron chi connectivity index (χ0n) is 20.1. The topological polar surface area (TPSA) is 190 Å². The summed E-state index contributed by atoms with van der Waals surface area (Å²) in [5.41, 5.74) is 10.7. The zero-order chi connectivity index (χ0) is 24.6. The highest BCUT2D eigenvalue weighted by molar-refractivity contribution is 5.92. The Kier molecular flexibility index (Phi) is 6.19. The summed E-state index contributed by atoms with van der Waals surface area (Å²) in [5, 5.41) is 8.37. The SMILES string of the molecule is CCC(c1nc(N)c2nc[nH]c2n1)c1cc(-c2cnc3[nH]nc(N4C=CN=CC4)c3c2)cnc1OC.[N]. The lowest BCUT2D eigenvalue weighted by Gasteiger charge is -2.18. The monoisotopic (exact) mass is 495 g/mol. The summed E-state index contributed by atoms with van der Waals surface area (Å²) < 4.78 is 5.62. The number of pyridine rings is 2. The van der Waals surface area contributed by atoms with Crippen molar-refractivity contribution in [2.24, 2.45) is 4.99 Å². The van der Waals surface area contributed by atoms with Gasteiger partial charge in [0.15, 0.2) is 22.9 Å². The van der Waals surface area contributed by atoms with Gasteiger partial charge in [-0.1, -0.05) is 6.92 Å². The number of nitrogen functional groups attached to an aromatic ring is 1. The zero-order valence-corrected chi connectivity index (χ0v) is 20.1. The molecule has 37 heavy (non-hydrogen) atoms. The molecule has 0 aliphatic carbocycles. The number of hydrogen-bond donors (Lipinski definition) is 3. The van der Waals surface area contributed by atoms with Gasteiger partial charge in [0, 0.05) is 59.8 Å². The van der Waals surface area contributed by atoms with E-state index in [2.05, 4.69) is 58.1 Å². The van der Waals surface area contributed by atoms with Crippen LogP contribution in [0, 0.1) is 0 Å². The van der Waals surface area contributed by atoms with Gasteiger partial charge in [0.05, 0.1) is 25.4 Å². The van der Waals surface area contributed by atoms with Gasteiger partial charge in [0.1, 0.15) is 11.3 Å². The molecule has 185 valence electrons.